The number of halogens is 2. The molecular weight excluding hydrogens is 362 g/mol. The summed E-state index contributed by atoms with van der Waals surface area (Å²) in [4.78, 5) is 42.7. The monoisotopic (exact) mass is 374 g/mol. The summed E-state index contributed by atoms with van der Waals surface area (Å²) in [5, 5.41) is 2.50. The van der Waals surface area contributed by atoms with Crippen molar-refractivity contribution in [3.8, 4) is 11.6 Å². The third-order valence-electron chi connectivity index (χ3n) is 3.40. The third kappa shape index (κ3) is 4.42. The second-order valence-corrected chi connectivity index (χ2v) is 5.33. The third-order valence-corrected chi connectivity index (χ3v) is 3.40. The Hall–Kier alpha value is -3.82. The van der Waals surface area contributed by atoms with E-state index in [4.69, 9.17) is 4.74 Å². The zero-order valence-electron chi connectivity index (χ0n) is 13.6. The minimum atomic E-state index is -1.07. The van der Waals surface area contributed by atoms with Gasteiger partial charge in [0.05, 0.1) is 0 Å². The molecule has 3 rings (SSSR count). The predicted molar refractivity (Wildman–Crippen MR) is 89.5 cm³/mol. The van der Waals surface area contributed by atoms with E-state index in [0.717, 1.165) is 18.2 Å². The SMILES string of the molecule is O=C(NCc1cccnc1Oc1ccc(F)c(F)c1)c1cc(=O)[nH]c(=O)[nH]1. The summed E-state index contributed by atoms with van der Waals surface area (Å²) in [6.07, 6.45) is 1.43. The Bertz CT molecular complexity index is 1080. The first-order valence-corrected chi connectivity index (χ1v) is 7.61. The molecule has 0 bridgehead atoms. The molecule has 3 N–H and O–H groups in total. The van der Waals surface area contributed by atoms with Crippen molar-refractivity contribution >= 4 is 5.91 Å². The van der Waals surface area contributed by atoms with Crippen LogP contribution in [0.4, 0.5) is 8.78 Å². The van der Waals surface area contributed by atoms with Crippen molar-refractivity contribution < 1.29 is 18.3 Å². The average Bonchev–Trinajstić information content (AvgIpc) is 2.63. The Morgan fingerprint density at radius 1 is 1.11 bits per heavy atom. The average molecular weight is 374 g/mol. The number of pyridine rings is 1. The van der Waals surface area contributed by atoms with Gasteiger partial charge < -0.3 is 15.0 Å². The number of carbonyl (C=O) groups excluding carboxylic acids is 1. The van der Waals surface area contributed by atoms with Crippen molar-refractivity contribution in [3.63, 3.8) is 0 Å². The molecular formula is C17H12F2N4O4. The zero-order valence-corrected chi connectivity index (χ0v) is 13.6. The summed E-state index contributed by atoms with van der Waals surface area (Å²) in [6, 6.07) is 7.15. The number of nitrogens with one attached hydrogen (secondary N) is 3. The van der Waals surface area contributed by atoms with Crippen LogP contribution in [0.1, 0.15) is 16.1 Å². The highest BCUT2D eigenvalue weighted by Crippen LogP contribution is 2.24. The van der Waals surface area contributed by atoms with Crippen molar-refractivity contribution in [2.45, 2.75) is 6.54 Å². The molecule has 2 aromatic heterocycles. The standard InChI is InChI=1S/C17H12F2N4O4/c18-11-4-3-10(6-12(11)19)27-16-9(2-1-5-20-16)8-21-15(25)13-7-14(24)23-17(26)22-13/h1-7H,8H2,(H,21,25)(H2,22,23,24,26). The Balaban J connectivity index is 1.75. The Labute approximate surface area is 149 Å². The van der Waals surface area contributed by atoms with Crippen LogP contribution >= 0.6 is 0 Å². The molecule has 3 aromatic rings. The highest BCUT2D eigenvalue weighted by atomic mass is 19.2. The van der Waals surface area contributed by atoms with Crippen LogP contribution in [0, 0.1) is 11.6 Å². The van der Waals surface area contributed by atoms with E-state index in [1.54, 1.807) is 12.1 Å². The molecule has 0 aliphatic heterocycles. The fourth-order valence-electron chi connectivity index (χ4n) is 2.16. The Kier molecular flexibility index (Phi) is 5.06. The Morgan fingerprint density at radius 3 is 2.67 bits per heavy atom. The molecule has 0 aliphatic rings. The minimum absolute atomic E-state index is 0.0269. The van der Waals surface area contributed by atoms with Crippen LogP contribution in [0.5, 0.6) is 11.6 Å². The second-order valence-electron chi connectivity index (χ2n) is 5.33. The van der Waals surface area contributed by atoms with Gasteiger partial charge in [0, 0.05) is 30.4 Å². The van der Waals surface area contributed by atoms with Gasteiger partial charge in [-0.3, -0.25) is 14.6 Å². The van der Waals surface area contributed by atoms with Gasteiger partial charge in [-0.15, -0.1) is 0 Å². The van der Waals surface area contributed by atoms with E-state index in [2.05, 4.69) is 15.3 Å². The summed E-state index contributed by atoms with van der Waals surface area (Å²) in [5.41, 5.74) is -1.30. The molecule has 0 unspecified atom stereocenters. The number of nitrogens with zero attached hydrogens (tertiary/aromatic N) is 1. The number of H-pyrrole nitrogens is 2. The second kappa shape index (κ2) is 7.60. The number of rotatable bonds is 5. The van der Waals surface area contributed by atoms with Gasteiger partial charge in [-0.1, -0.05) is 6.07 Å². The van der Waals surface area contributed by atoms with E-state index >= 15 is 0 Å². The quantitative estimate of drug-likeness (QED) is 0.625. The zero-order chi connectivity index (χ0) is 19.4. The molecule has 138 valence electrons. The number of hydrogen-bond acceptors (Lipinski definition) is 5. The molecule has 2 heterocycles. The van der Waals surface area contributed by atoms with E-state index < -0.39 is 28.8 Å². The van der Waals surface area contributed by atoms with Crippen molar-refractivity contribution in [1.29, 1.82) is 0 Å². The molecule has 0 saturated heterocycles. The fourth-order valence-corrected chi connectivity index (χ4v) is 2.16. The molecule has 1 amide bonds. The number of ether oxygens (including phenoxy) is 1. The van der Waals surface area contributed by atoms with Crippen LogP contribution in [0.25, 0.3) is 0 Å². The van der Waals surface area contributed by atoms with Crippen molar-refractivity contribution in [2.24, 2.45) is 0 Å². The number of aromatic amines is 2. The van der Waals surface area contributed by atoms with Gasteiger partial charge in [0.2, 0.25) is 5.88 Å². The van der Waals surface area contributed by atoms with Gasteiger partial charge in [0.15, 0.2) is 11.6 Å². The maximum Gasteiger partial charge on any atom is 0.326 e. The number of benzene rings is 1. The first-order chi connectivity index (χ1) is 12.9. The molecule has 0 saturated carbocycles. The topological polar surface area (TPSA) is 117 Å². The van der Waals surface area contributed by atoms with Gasteiger partial charge in [-0.2, -0.15) is 0 Å². The van der Waals surface area contributed by atoms with Gasteiger partial charge >= 0.3 is 5.69 Å². The van der Waals surface area contributed by atoms with Gasteiger partial charge in [-0.05, 0) is 18.2 Å². The molecule has 0 atom stereocenters. The number of aromatic nitrogens is 3. The molecule has 10 heteroatoms. The van der Waals surface area contributed by atoms with Crippen LogP contribution in [0.3, 0.4) is 0 Å². The first-order valence-electron chi connectivity index (χ1n) is 7.61. The summed E-state index contributed by atoms with van der Waals surface area (Å²) < 4.78 is 31.7. The van der Waals surface area contributed by atoms with E-state index in [1.165, 1.54) is 12.3 Å². The Morgan fingerprint density at radius 2 is 1.93 bits per heavy atom. The van der Waals surface area contributed by atoms with Crippen LogP contribution in [-0.2, 0) is 6.54 Å². The molecule has 27 heavy (non-hydrogen) atoms. The maximum atomic E-state index is 13.3. The minimum Gasteiger partial charge on any atom is -0.439 e. The lowest BCUT2D eigenvalue weighted by atomic mass is 10.2. The fraction of sp³-hybridized carbons (Fsp3) is 0.0588. The summed E-state index contributed by atoms with van der Waals surface area (Å²) in [7, 11) is 0. The van der Waals surface area contributed by atoms with E-state index in [0.29, 0.717) is 5.56 Å². The van der Waals surface area contributed by atoms with Gasteiger partial charge in [0.25, 0.3) is 11.5 Å². The highest BCUT2D eigenvalue weighted by Gasteiger charge is 2.12. The van der Waals surface area contributed by atoms with Crippen LogP contribution in [0.15, 0.2) is 52.2 Å². The largest absolute Gasteiger partial charge is 0.439 e. The molecule has 1 aromatic carbocycles. The van der Waals surface area contributed by atoms with Gasteiger partial charge in [0.1, 0.15) is 11.4 Å². The van der Waals surface area contributed by atoms with Crippen molar-refractivity contribution in [1.82, 2.24) is 20.3 Å². The lowest BCUT2D eigenvalue weighted by Crippen LogP contribution is -2.30. The molecule has 0 spiro atoms. The van der Waals surface area contributed by atoms with Gasteiger partial charge in [-0.25, -0.2) is 18.6 Å². The molecule has 0 fully saturated rings. The molecule has 8 nitrogen and oxygen atoms in total. The predicted octanol–water partition coefficient (Wildman–Crippen LogP) is 1.46. The van der Waals surface area contributed by atoms with Crippen molar-refractivity contribution in [3.05, 3.63) is 86.3 Å². The lowest BCUT2D eigenvalue weighted by Gasteiger charge is -2.11. The van der Waals surface area contributed by atoms with Crippen molar-refractivity contribution in [2.75, 3.05) is 0 Å². The van der Waals surface area contributed by atoms with E-state index in [1.807, 2.05) is 4.98 Å². The first kappa shape index (κ1) is 18.0. The molecule has 0 radical (unpaired) electrons. The van der Waals surface area contributed by atoms with E-state index in [9.17, 15) is 23.2 Å². The maximum absolute atomic E-state index is 13.3. The van der Waals surface area contributed by atoms with Crippen LogP contribution < -0.4 is 21.3 Å². The highest BCUT2D eigenvalue weighted by molar-refractivity contribution is 5.92. The molecule has 0 aliphatic carbocycles. The summed E-state index contributed by atoms with van der Waals surface area (Å²) in [6.45, 7) is -0.0550. The normalized spacial score (nSPS) is 10.4. The van der Waals surface area contributed by atoms with Crippen LogP contribution in [0.2, 0.25) is 0 Å². The van der Waals surface area contributed by atoms with E-state index in [-0.39, 0.29) is 23.9 Å². The lowest BCUT2D eigenvalue weighted by molar-refractivity contribution is 0.0945. The number of carbonyl (C=O) groups is 1. The number of amides is 1. The summed E-state index contributed by atoms with van der Waals surface area (Å²) >= 11 is 0. The van der Waals surface area contributed by atoms with Crippen LogP contribution in [-0.4, -0.2) is 20.9 Å². The number of hydrogen-bond donors (Lipinski definition) is 3. The summed E-state index contributed by atoms with van der Waals surface area (Å²) in [5.74, 6) is -2.68. The smallest absolute Gasteiger partial charge is 0.326 e.